The van der Waals surface area contributed by atoms with Crippen LogP contribution < -0.4 is 14.8 Å². The molecule has 1 fully saturated rings. The normalized spacial score (nSPS) is 16.2. The van der Waals surface area contributed by atoms with Crippen LogP contribution in [0.25, 0.3) is 0 Å². The summed E-state index contributed by atoms with van der Waals surface area (Å²) < 4.78 is 11.3. The molecule has 6 heteroatoms. The Kier molecular flexibility index (Phi) is 8.09. The van der Waals surface area contributed by atoms with Gasteiger partial charge in [-0.05, 0) is 61.4 Å². The van der Waals surface area contributed by atoms with Crippen LogP contribution in [0.3, 0.4) is 0 Å². The average molecular weight is 465 g/mol. The second-order valence-electron chi connectivity index (χ2n) is 9.34. The van der Waals surface area contributed by atoms with Crippen molar-refractivity contribution in [2.75, 3.05) is 13.2 Å². The Labute approximate surface area is 202 Å². The number of ether oxygens (including phenoxy) is 2. The lowest BCUT2D eigenvalue weighted by molar-refractivity contribution is -0.141. The van der Waals surface area contributed by atoms with Gasteiger partial charge in [-0.15, -0.1) is 0 Å². The summed E-state index contributed by atoms with van der Waals surface area (Å²) in [5, 5.41) is 3.21. The Morgan fingerprint density at radius 2 is 1.79 bits per heavy atom. The first-order chi connectivity index (χ1) is 16.5. The standard InChI is InChI=1S/C28H36N2O4/c1-3-24(28(32)29-23-10-6-7-11-23)30(19-22-9-5-4-8-20(22)2)27(31)15-13-21-12-14-25-26(18-21)34-17-16-33-25/h4-5,8-9,12,14,18,23-24H,3,6-7,10-11,13,15-17,19H2,1-2H3,(H,29,32)/t24-/m1/s1. The number of amides is 2. The van der Waals surface area contributed by atoms with Crippen LogP contribution in [0.2, 0.25) is 0 Å². The molecule has 2 aromatic carbocycles. The number of carbonyl (C=O) groups is 2. The van der Waals surface area contributed by atoms with Crippen LogP contribution in [0.4, 0.5) is 0 Å². The third kappa shape index (κ3) is 5.91. The SMILES string of the molecule is CC[C@H](C(=O)NC1CCCC1)N(Cc1ccccc1C)C(=O)CCc1ccc2c(c1)OCCO2. The Morgan fingerprint density at radius 1 is 1.06 bits per heavy atom. The molecule has 1 N–H and O–H groups in total. The highest BCUT2D eigenvalue weighted by Crippen LogP contribution is 2.31. The zero-order valence-electron chi connectivity index (χ0n) is 20.3. The highest BCUT2D eigenvalue weighted by molar-refractivity contribution is 5.88. The fourth-order valence-electron chi connectivity index (χ4n) is 4.90. The zero-order valence-corrected chi connectivity index (χ0v) is 20.3. The second-order valence-corrected chi connectivity index (χ2v) is 9.34. The molecule has 1 aliphatic carbocycles. The van der Waals surface area contributed by atoms with E-state index in [-0.39, 0.29) is 17.9 Å². The third-order valence-electron chi connectivity index (χ3n) is 6.92. The van der Waals surface area contributed by atoms with E-state index in [0.717, 1.165) is 53.9 Å². The van der Waals surface area contributed by atoms with Crippen LogP contribution in [-0.4, -0.2) is 42.0 Å². The first-order valence-corrected chi connectivity index (χ1v) is 12.6. The summed E-state index contributed by atoms with van der Waals surface area (Å²) in [5.74, 6) is 1.44. The maximum atomic E-state index is 13.6. The quantitative estimate of drug-likeness (QED) is 0.591. The Morgan fingerprint density at radius 3 is 2.53 bits per heavy atom. The number of fused-ring (bicyclic) bond motifs is 1. The first kappa shape index (κ1) is 24.1. The van der Waals surface area contributed by atoms with E-state index in [2.05, 4.69) is 5.32 Å². The summed E-state index contributed by atoms with van der Waals surface area (Å²) in [7, 11) is 0. The van der Waals surface area contributed by atoms with Gasteiger partial charge in [0.25, 0.3) is 0 Å². The van der Waals surface area contributed by atoms with Gasteiger partial charge < -0.3 is 19.7 Å². The molecule has 182 valence electrons. The van der Waals surface area contributed by atoms with Crippen LogP contribution in [0, 0.1) is 6.92 Å². The van der Waals surface area contributed by atoms with Crippen molar-refractivity contribution in [2.45, 2.75) is 77.4 Å². The molecule has 2 aromatic rings. The fourth-order valence-corrected chi connectivity index (χ4v) is 4.90. The number of rotatable bonds is 9. The lowest BCUT2D eigenvalue weighted by Gasteiger charge is -2.32. The highest BCUT2D eigenvalue weighted by Gasteiger charge is 2.30. The summed E-state index contributed by atoms with van der Waals surface area (Å²) in [6.45, 7) is 5.56. The third-order valence-corrected chi connectivity index (χ3v) is 6.92. The number of carbonyl (C=O) groups excluding carboxylic acids is 2. The van der Waals surface area contributed by atoms with Crippen molar-refractivity contribution >= 4 is 11.8 Å². The summed E-state index contributed by atoms with van der Waals surface area (Å²) in [5.41, 5.74) is 3.22. The predicted octanol–water partition coefficient (Wildman–Crippen LogP) is 4.57. The molecule has 0 aromatic heterocycles. The molecule has 0 radical (unpaired) electrons. The number of aryl methyl sites for hydroxylation is 2. The minimum Gasteiger partial charge on any atom is -0.486 e. The van der Waals surface area contributed by atoms with E-state index in [1.165, 1.54) is 0 Å². The van der Waals surface area contributed by atoms with Crippen molar-refractivity contribution < 1.29 is 19.1 Å². The molecule has 2 amide bonds. The van der Waals surface area contributed by atoms with Crippen molar-refractivity contribution in [3.63, 3.8) is 0 Å². The fraction of sp³-hybridized carbons (Fsp3) is 0.500. The van der Waals surface area contributed by atoms with Gasteiger partial charge in [0.2, 0.25) is 11.8 Å². The maximum Gasteiger partial charge on any atom is 0.243 e. The van der Waals surface area contributed by atoms with Crippen LogP contribution in [0.5, 0.6) is 11.5 Å². The Balaban J connectivity index is 1.49. The van der Waals surface area contributed by atoms with Gasteiger partial charge >= 0.3 is 0 Å². The van der Waals surface area contributed by atoms with Crippen molar-refractivity contribution in [3.05, 3.63) is 59.2 Å². The molecule has 1 atom stereocenters. The molecule has 0 unspecified atom stereocenters. The van der Waals surface area contributed by atoms with Crippen molar-refractivity contribution in [1.29, 1.82) is 0 Å². The molecular formula is C28H36N2O4. The lowest BCUT2D eigenvalue weighted by Crippen LogP contribution is -2.51. The smallest absolute Gasteiger partial charge is 0.243 e. The van der Waals surface area contributed by atoms with E-state index in [1.54, 1.807) is 4.90 Å². The van der Waals surface area contributed by atoms with E-state index in [9.17, 15) is 9.59 Å². The molecule has 2 aliphatic rings. The van der Waals surface area contributed by atoms with E-state index >= 15 is 0 Å². The Bertz CT molecular complexity index is 1000. The molecular weight excluding hydrogens is 428 g/mol. The minimum absolute atomic E-state index is 0.00781. The molecule has 0 saturated heterocycles. The van der Waals surface area contributed by atoms with E-state index < -0.39 is 6.04 Å². The van der Waals surface area contributed by atoms with Gasteiger partial charge in [-0.3, -0.25) is 9.59 Å². The predicted molar refractivity (Wildman–Crippen MR) is 132 cm³/mol. The van der Waals surface area contributed by atoms with Gasteiger partial charge in [-0.1, -0.05) is 50.1 Å². The lowest BCUT2D eigenvalue weighted by atomic mass is 10.0. The number of benzene rings is 2. The summed E-state index contributed by atoms with van der Waals surface area (Å²) in [4.78, 5) is 28.6. The molecule has 6 nitrogen and oxygen atoms in total. The number of hydrogen-bond acceptors (Lipinski definition) is 4. The highest BCUT2D eigenvalue weighted by atomic mass is 16.6. The number of nitrogens with zero attached hydrogens (tertiary/aromatic N) is 1. The molecule has 1 saturated carbocycles. The minimum atomic E-state index is -0.479. The maximum absolute atomic E-state index is 13.6. The first-order valence-electron chi connectivity index (χ1n) is 12.6. The molecule has 0 spiro atoms. The summed E-state index contributed by atoms with van der Waals surface area (Å²) in [6.07, 6.45) is 5.86. The van der Waals surface area contributed by atoms with E-state index in [4.69, 9.17) is 9.47 Å². The van der Waals surface area contributed by atoms with Crippen LogP contribution >= 0.6 is 0 Å². The molecule has 1 aliphatic heterocycles. The second kappa shape index (κ2) is 11.4. The van der Waals surface area contributed by atoms with E-state index in [0.29, 0.717) is 39.0 Å². The zero-order chi connectivity index (χ0) is 23.9. The summed E-state index contributed by atoms with van der Waals surface area (Å²) in [6, 6.07) is 13.7. The van der Waals surface area contributed by atoms with Crippen LogP contribution in [0.15, 0.2) is 42.5 Å². The van der Waals surface area contributed by atoms with Crippen molar-refractivity contribution in [3.8, 4) is 11.5 Å². The van der Waals surface area contributed by atoms with Gasteiger partial charge in [0.1, 0.15) is 19.3 Å². The number of hydrogen-bond donors (Lipinski definition) is 1. The summed E-state index contributed by atoms with van der Waals surface area (Å²) >= 11 is 0. The largest absolute Gasteiger partial charge is 0.486 e. The van der Waals surface area contributed by atoms with Crippen LogP contribution in [-0.2, 0) is 22.6 Å². The molecule has 1 heterocycles. The van der Waals surface area contributed by atoms with Gasteiger partial charge in [0.15, 0.2) is 11.5 Å². The number of nitrogens with one attached hydrogen (secondary N) is 1. The Hall–Kier alpha value is -3.02. The van der Waals surface area contributed by atoms with Crippen molar-refractivity contribution in [2.24, 2.45) is 0 Å². The molecule has 4 rings (SSSR count). The van der Waals surface area contributed by atoms with Crippen molar-refractivity contribution in [1.82, 2.24) is 10.2 Å². The molecule has 0 bridgehead atoms. The topological polar surface area (TPSA) is 67.9 Å². The van der Waals surface area contributed by atoms with Gasteiger partial charge in [-0.25, -0.2) is 0 Å². The molecule has 34 heavy (non-hydrogen) atoms. The van der Waals surface area contributed by atoms with Gasteiger partial charge in [0.05, 0.1) is 0 Å². The van der Waals surface area contributed by atoms with Gasteiger partial charge in [-0.2, -0.15) is 0 Å². The van der Waals surface area contributed by atoms with E-state index in [1.807, 2.05) is 56.3 Å². The average Bonchev–Trinajstić information content (AvgIpc) is 3.36. The van der Waals surface area contributed by atoms with Crippen LogP contribution in [0.1, 0.15) is 62.1 Å². The monoisotopic (exact) mass is 464 g/mol. The van der Waals surface area contributed by atoms with Gasteiger partial charge in [0, 0.05) is 19.0 Å².